The van der Waals surface area contributed by atoms with Crippen molar-refractivity contribution in [1.29, 1.82) is 0 Å². The molecule has 0 fully saturated rings. The molecule has 1 rings (SSSR count). The summed E-state index contributed by atoms with van der Waals surface area (Å²) in [7, 11) is -1.93. The summed E-state index contributed by atoms with van der Waals surface area (Å²) in [6, 6.07) is 4.25. The predicted molar refractivity (Wildman–Crippen MR) is 106 cm³/mol. The number of guanidine groups is 1. The molecule has 0 saturated heterocycles. The number of hydrogen-bond acceptors (Lipinski definition) is 4. The van der Waals surface area contributed by atoms with E-state index in [2.05, 4.69) is 26.6 Å². The Balaban J connectivity index is 2.38. The number of nitrogens with zero attached hydrogens (tertiary/aromatic N) is 1. The van der Waals surface area contributed by atoms with Gasteiger partial charge in [0.05, 0.1) is 11.4 Å². The van der Waals surface area contributed by atoms with E-state index in [-0.39, 0.29) is 18.0 Å². The minimum absolute atomic E-state index is 0.143. The Morgan fingerprint density at radius 2 is 1.96 bits per heavy atom. The van der Waals surface area contributed by atoms with Crippen LogP contribution in [0.2, 0.25) is 0 Å². The van der Waals surface area contributed by atoms with E-state index in [0.29, 0.717) is 11.5 Å². The van der Waals surface area contributed by atoms with Crippen LogP contribution >= 0.6 is 11.8 Å². The standard InChI is InChI=1S/C16H27FN4O2S2/c1-13-6-7-14(12-15(13)17)21-25(22,23)11-9-20-16(18-2)19-8-4-5-10-24-3/h6-7,12,21H,4-5,8-11H2,1-3H3,(H2,18,19,20). The Morgan fingerprint density at radius 1 is 1.24 bits per heavy atom. The number of halogens is 1. The summed E-state index contributed by atoms with van der Waals surface area (Å²) < 4.78 is 40.0. The van der Waals surface area contributed by atoms with Gasteiger partial charge in [0, 0.05) is 20.1 Å². The number of thioether (sulfide) groups is 1. The van der Waals surface area contributed by atoms with Gasteiger partial charge in [0.25, 0.3) is 0 Å². The molecule has 0 aromatic heterocycles. The lowest BCUT2D eigenvalue weighted by atomic mass is 10.2. The van der Waals surface area contributed by atoms with Gasteiger partial charge in [-0.2, -0.15) is 11.8 Å². The van der Waals surface area contributed by atoms with Gasteiger partial charge in [-0.3, -0.25) is 9.71 Å². The Labute approximate surface area is 154 Å². The Kier molecular flexibility index (Phi) is 9.66. The minimum Gasteiger partial charge on any atom is -0.356 e. The summed E-state index contributed by atoms with van der Waals surface area (Å²) in [6.07, 6.45) is 4.23. The molecule has 1 aromatic rings. The number of aryl methyl sites for hydroxylation is 1. The zero-order chi connectivity index (χ0) is 18.7. The molecule has 0 aliphatic heterocycles. The summed E-state index contributed by atoms with van der Waals surface area (Å²) in [5.41, 5.74) is 0.691. The summed E-state index contributed by atoms with van der Waals surface area (Å²) in [5, 5.41) is 6.11. The van der Waals surface area contributed by atoms with E-state index in [9.17, 15) is 12.8 Å². The molecule has 0 aliphatic rings. The number of nitrogens with one attached hydrogen (secondary N) is 3. The van der Waals surface area contributed by atoms with Crippen LogP contribution in [0.15, 0.2) is 23.2 Å². The maximum Gasteiger partial charge on any atom is 0.234 e. The van der Waals surface area contributed by atoms with Crippen LogP contribution in [0.25, 0.3) is 0 Å². The van der Waals surface area contributed by atoms with Crippen LogP contribution in [0.1, 0.15) is 18.4 Å². The van der Waals surface area contributed by atoms with E-state index in [4.69, 9.17) is 0 Å². The highest BCUT2D eigenvalue weighted by molar-refractivity contribution is 7.98. The number of aliphatic imine (C=N–C) groups is 1. The maximum atomic E-state index is 13.5. The molecule has 0 spiro atoms. The zero-order valence-corrected chi connectivity index (χ0v) is 16.6. The van der Waals surface area contributed by atoms with E-state index in [1.54, 1.807) is 20.0 Å². The average Bonchev–Trinajstić information content (AvgIpc) is 2.56. The topological polar surface area (TPSA) is 82.6 Å². The third kappa shape index (κ3) is 8.97. The van der Waals surface area contributed by atoms with Gasteiger partial charge in [0.2, 0.25) is 10.0 Å². The molecule has 3 N–H and O–H groups in total. The lowest BCUT2D eigenvalue weighted by Crippen LogP contribution is -2.40. The van der Waals surface area contributed by atoms with Crippen molar-refractivity contribution < 1.29 is 12.8 Å². The van der Waals surface area contributed by atoms with Crippen molar-refractivity contribution in [2.24, 2.45) is 4.99 Å². The smallest absolute Gasteiger partial charge is 0.234 e. The Bertz CT molecular complexity index is 666. The molecule has 0 unspecified atom stereocenters. The number of hydrogen-bond donors (Lipinski definition) is 3. The molecule has 0 bridgehead atoms. The molecule has 0 radical (unpaired) electrons. The van der Waals surface area contributed by atoms with E-state index in [1.807, 2.05) is 11.8 Å². The summed E-state index contributed by atoms with van der Waals surface area (Å²) >= 11 is 1.81. The third-order valence-electron chi connectivity index (χ3n) is 3.40. The zero-order valence-electron chi connectivity index (χ0n) is 14.9. The molecule has 0 atom stereocenters. The lowest BCUT2D eigenvalue weighted by molar-refractivity contribution is 0.599. The van der Waals surface area contributed by atoms with Gasteiger partial charge in [-0.1, -0.05) is 6.07 Å². The number of benzene rings is 1. The number of sulfonamides is 1. The van der Waals surface area contributed by atoms with Crippen LogP contribution < -0.4 is 15.4 Å². The van der Waals surface area contributed by atoms with Gasteiger partial charge in [-0.05, 0) is 49.5 Å². The van der Waals surface area contributed by atoms with Crippen molar-refractivity contribution in [3.63, 3.8) is 0 Å². The van der Waals surface area contributed by atoms with E-state index >= 15 is 0 Å². The molecular weight excluding hydrogens is 363 g/mol. The summed E-state index contributed by atoms with van der Waals surface area (Å²) in [5.74, 6) is 1.11. The fourth-order valence-corrected chi connectivity index (χ4v) is 3.44. The quantitative estimate of drug-likeness (QED) is 0.324. The fraction of sp³-hybridized carbons (Fsp3) is 0.562. The molecule has 0 aliphatic carbocycles. The van der Waals surface area contributed by atoms with Gasteiger partial charge < -0.3 is 10.6 Å². The number of unbranched alkanes of at least 4 members (excludes halogenated alkanes) is 1. The van der Waals surface area contributed by atoms with Crippen molar-refractivity contribution >= 4 is 33.4 Å². The first-order chi connectivity index (χ1) is 11.9. The van der Waals surface area contributed by atoms with E-state index < -0.39 is 15.8 Å². The highest BCUT2D eigenvalue weighted by Crippen LogP contribution is 2.14. The molecule has 0 saturated carbocycles. The van der Waals surface area contributed by atoms with E-state index in [1.165, 1.54) is 12.1 Å². The van der Waals surface area contributed by atoms with Gasteiger partial charge in [0.15, 0.2) is 5.96 Å². The van der Waals surface area contributed by atoms with Crippen LogP contribution in [0.4, 0.5) is 10.1 Å². The van der Waals surface area contributed by atoms with E-state index in [0.717, 1.165) is 25.1 Å². The van der Waals surface area contributed by atoms with Crippen molar-refractivity contribution in [3.8, 4) is 0 Å². The predicted octanol–water partition coefficient (Wildman–Crippen LogP) is 2.18. The minimum atomic E-state index is -3.57. The molecule has 0 amide bonds. The van der Waals surface area contributed by atoms with Gasteiger partial charge in [0.1, 0.15) is 5.82 Å². The second kappa shape index (κ2) is 11.2. The second-order valence-corrected chi connectivity index (χ2v) is 8.34. The summed E-state index contributed by atoms with van der Waals surface area (Å²) in [6.45, 7) is 2.61. The molecule has 25 heavy (non-hydrogen) atoms. The molecule has 1 aromatic carbocycles. The molecule has 0 heterocycles. The highest BCUT2D eigenvalue weighted by Gasteiger charge is 2.11. The lowest BCUT2D eigenvalue weighted by Gasteiger charge is -2.13. The van der Waals surface area contributed by atoms with Crippen LogP contribution in [-0.4, -0.2) is 52.3 Å². The van der Waals surface area contributed by atoms with Crippen molar-refractivity contribution in [2.75, 3.05) is 42.6 Å². The number of rotatable bonds is 10. The second-order valence-electron chi connectivity index (χ2n) is 5.51. The van der Waals surface area contributed by atoms with Crippen molar-refractivity contribution in [1.82, 2.24) is 10.6 Å². The molecule has 6 nitrogen and oxygen atoms in total. The van der Waals surface area contributed by atoms with Crippen LogP contribution in [0, 0.1) is 12.7 Å². The highest BCUT2D eigenvalue weighted by atomic mass is 32.2. The first-order valence-corrected chi connectivity index (χ1v) is 11.1. The first-order valence-electron chi connectivity index (χ1n) is 8.08. The van der Waals surface area contributed by atoms with Gasteiger partial charge in [-0.15, -0.1) is 0 Å². The van der Waals surface area contributed by atoms with Crippen LogP contribution in [0.5, 0.6) is 0 Å². The first kappa shape index (κ1) is 21.6. The van der Waals surface area contributed by atoms with Gasteiger partial charge in [-0.25, -0.2) is 12.8 Å². The van der Waals surface area contributed by atoms with Crippen LogP contribution in [0.3, 0.4) is 0 Å². The average molecular weight is 391 g/mol. The van der Waals surface area contributed by atoms with Crippen molar-refractivity contribution in [3.05, 3.63) is 29.6 Å². The number of anilines is 1. The largest absolute Gasteiger partial charge is 0.356 e. The Hall–Kier alpha value is -1.48. The normalized spacial score (nSPS) is 12.1. The SMILES string of the molecule is CN=C(NCCCCSC)NCCS(=O)(=O)Nc1ccc(C)c(F)c1. The van der Waals surface area contributed by atoms with Crippen molar-refractivity contribution in [2.45, 2.75) is 19.8 Å². The maximum absolute atomic E-state index is 13.5. The monoisotopic (exact) mass is 390 g/mol. The molecule has 9 heteroatoms. The van der Waals surface area contributed by atoms with Gasteiger partial charge >= 0.3 is 0 Å². The summed E-state index contributed by atoms with van der Waals surface area (Å²) in [4.78, 5) is 4.06. The molecule has 142 valence electrons. The third-order valence-corrected chi connectivity index (χ3v) is 5.38. The molecular formula is C16H27FN4O2S2. The van der Waals surface area contributed by atoms with Crippen LogP contribution in [-0.2, 0) is 10.0 Å². The fourth-order valence-electron chi connectivity index (χ4n) is 1.99. The Morgan fingerprint density at radius 3 is 2.60 bits per heavy atom.